The first-order valence-electron chi connectivity index (χ1n) is 10.0. The molecule has 2 rings (SSSR count). The minimum absolute atomic E-state index is 0.128. The summed E-state index contributed by atoms with van der Waals surface area (Å²) in [6.07, 6.45) is 3.81. The number of likely N-dealkylation sites (tertiary alicyclic amines) is 1. The Labute approximate surface area is 153 Å². The van der Waals surface area contributed by atoms with E-state index in [9.17, 15) is 4.79 Å². The van der Waals surface area contributed by atoms with Gasteiger partial charge >= 0.3 is 0 Å². The molecule has 2 N–H and O–H groups in total. The van der Waals surface area contributed by atoms with Gasteiger partial charge in [-0.1, -0.05) is 13.8 Å². The number of rotatable bonds is 9. The first-order chi connectivity index (χ1) is 12.1. The molecule has 0 spiro atoms. The minimum atomic E-state index is 0.128. The van der Waals surface area contributed by atoms with Gasteiger partial charge in [0.25, 0.3) is 0 Å². The van der Waals surface area contributed by atoms with Gasteiger partial charge in [0, 0.05) is 26.2 Å². The Hall–Kier alpha value is -0.690. The molecule has 6 nitrogen and oxygen atoms in total. The van der Waals surface area contributed by atoms with E-state index >= 15 is 0 Å². The van der Waals surface area contributed by atoms with Gasteiger partial charge in [-0.05, 0) is 57.8 Å². The predicted octanol–water partition coefficient (Wildman–Crippen LogP) is 0.781. The fourth-order valence-electron chi connectivity index (χ4n) is 3.85. The lowest BCUT2D eigenvalue weighted by atomic mass is 9.93. The Morgan fingerprint density at radius 1 is 1.20 bits per heavy atom. The zero-order chi connectivity index (χ0) is 18.1. The van der Waals surface area contributed by atoms with Gasteiger partial charge in [0.05, 0.1) is 19.3 Å². The molecule has 1 unspecified atom stereocenters. The lowest BCUT2D eigenvalue weighted by molar-refractivity contribution is -0.123. The number of nitrogens with one attached hydrogen (secondary N) is 2. The third-order valence-corrected chi connectivity index (χ3v) is 5.25. The van der Waals surface area contributed by atoms with Crippen LogP contribution in [0.15, 0.2) is 0 Å². The zero-order valence-corrected chi connectivity index (χ0v) is 16.4. The molecule has 2 fully saturated rings. The molecule has 25 heavy (non-hydrogen) atoms. The molecule has 6 heteroatoms. The lowest BCUT2D eigenvalue weighted by Crippen LogP contribution is -2.49. The van der Waals surface area contributed by atoms with Crippen molar-refractivity contribution in [2.24, 2.45) is 11.8 Å². The average Bonchev–Trinajstić information content (AvgIpc) is 2.59. The van der Waals surface area contributed by atoms with E-state index in [1.165, 1.54) is 19.3 Å². The summed E-state index contributed by atoms with van der Waals surface area (Å²) in [5.41, 5.74) is 0. The number of piperidine rings is 1. The highest BCUT2D eigenvalue weighted by atomic mass is 16.5. The number of carbonyl (C=O) groups is 1. The van der Waals surface area contributed by atoms with E-state index in [-0.39, 0.29) is 12.0 Å². The van der Waals surface area contributed by atoms with Crippen molar-refractivity contribution in [2.75, 3.05) is 66.0 Å². The smallest absolute Gasteiger partial charge is 0.234 e. The van der Waals surface area contributed by atoms with Crippen molar-refractivity contribution in [3.63, 3.8) is 0 Å². The molecule has 2 aliphatic heterocycles. The summed E-state index contributed by atoms with van der Waals surface area (Å²) in [6, 6.07) is 0. The van der Waals surface area contributed by atoms with Crippen molar-refractivity contribution < 1.29 is 9.53 Å². The van der Waals surface area contributed by atoms with Gasteiger partial charge in [0.2, 0.25) is 5.91 Å². The van der Waals surface area contributed by atoms with E-state index in [2.05, 4.69) is 34.3 Å². The molecule has 146 valence electrons. The third kappa shape index (κ3) is 8.03. The number of hydrogen-bond donors (Lipinski definition) is 2. The second-order valence-corrected chi connectivity index (χ2v) is 8.06. The van der Waals surface area contributed by atoms with Gasteiger partial charge in [-0.2, -0.15) is 0 Å². The highest BCUT2D eigenvalue weighted by Crippen LogP contribution is 2.19. The quantitative estimate of drug-likeness (QED) is 0.641. The van der Waals surface area contributed by atoms with Crippen molar-refractivity contribution in [3.05, 3.63) is 0 Å². The van der Waals surface area contributed by atoms with Gasteiger partial charge in [-0.3, -0.25) is 14.6 Å². The Kier molecular flexibility index (Phi) is 9.17. The number of morpholine rings is 1. The number of nitrogens with zero attached hydrogens (tertiary/aromatic N) is 2. The summed E-state index contributed by atoms with van der Waals surface area (Å²) < 4.78 is 5.81. The SMILES string of the molecule is CNCCC1CCN(CC(=O)NCC2CN(CC(C)C)CCO2)CC1. The van der Waals surface area contributed by atoms with Gasteiger partial charge in [0.15, 0.2) is 0 Å². The Morgan fingerprint density at radius 2 is 1.96 bits per heavy atom. The molecule has 0 bridgehead atoms. The number of amides is 1. The average molecular weight is 355 g/mol. The monoisotopic (exact) mass is 354 g/mol. The number of hydrogen-bond acceptors (Lipinski definition) is 5. The topological polar surface area (TPSA) is 56.8 Å². The number of ether oxygens (including phenoxy) is 1. The van der Waals surface area contributed by atoms with E-state index < -0.39 is 0 Å². The molecular weight excluding hydrogens is 316 g/mol. The summed E-state index contributed by atoms with van der Waals surface area (Å²) in [4.78, 5) is 17.0. The van der Waals surface area contributed by atoms with Gasteiger partial charge in [0.1, 0.15) is 0 Å². The number of carbonyl (C=O) groups excluding carboxylic acids is 1. The van der Waals surface area contributed by atoms with Crippen LogP contribution in [0.2, 0.25) is 0 Å². The molecule has 0 aromatic rings. The van der Waals surface area contributed by atoms with Crippen LogP contribution in [0.4, 0.5) is 0 Å². The van der Waals surface area contributed by atoms with Crippen molar-refractivity contribution in [1.82, 2.24) is 20.4 Å². The maximum Gasteiger partial charge on any atom is 0.234 e. The van der Waals surface area contributed by atoms with Gasteiger partial charge in [-0.25, -0.2) is 0 Å². The molecule has 0 saturated carbocycles. The van der Waals surface area contributed by atoms with E-state index in [0.29, 0.717) is 19.0 Å². The van der Waals surface area contributed by atoms with Crippen LogP contribution in [0.25, 0.3) is 0 Å². The first-order valence-corrected chi connectivity index (χ1v) is 10.0. The molecule has 0 aromatic carbocycles. The van der Waals surface area contributed by atoms with Crippen LogP contribution in [-0.4, -0.2) is 87.8 Å². The fourth-order valence-corrected chi connectivity index (χ4v) is 3.85. The van der Waals surface area contributed by atoms with Gasteiger partial charge < -0.3 is 15.4 Å². The standard InChI is InChI=1S/C19H38N4O2/c1-16(2)13-23-10-11-25-18(14-23)12-21-19(24)15-22-8-5-17(6-9-22)4-7-20-3/h16-18,20H,4-15H2,1-3H3,(H,21,24). The van der Waals surface area contributed by atoms with E-state index in [1.807, 2.05) is 7.05 Å². The van der Waals surface area contributed by atoms with E-state index in [0.717, 1.165) is 51.8 Å². The second-order valence-electron chi connectivity index (χ2n) is 8.06. The van der Waals surface area contributed by atoms with Crippen molar-refractivity contribution >= 4 is 5.91 Å². The summed E-state index contributed by atoms with van der Waals surface area (Å²) in [5, 5.41) is 6.30. The molecule has 2 saturated heterocycles. The third-order valence-electron chi connectivity index (χ3n) is 5.25. The maximum atomic E-state index is 12.2. The molecule has 2 heterocycles. The highest BCUT2D eigenvalue weighted by Gasteiger charge is 2.23. The molecule has 1 amide bonds. The molecule has 0 aromatic heterocycles. The zero-order valence-electron chi connectivity index (χ0n) is 16.4. The van der Waals surface area contributed by atoms with Crippen LogP contribution in [0, 0.1) is 11.8 Å². The van der Waals surface area contributed by atoms with Crippen molar-refractivity contribution in [2.45, 2.75) is 39.2 Å². The molecule has 1 atom stereocenters. The summed E-state index contributed by atoms with van der Waals surface area (Å²) >= 11 is 0. The lowest BCUT2D eigenvalue weighted by Gasteiger charge is -2.34. The predicted molar refractivity (Wildman–Crippen MR) is 102 cm³/mol. The molecule has 2 aliphatic rings. The van der Waals surface area contributed by atoms with E-state index in [1.54, 1.807) is 0 Å². The summed E-state index contributed by atoms with van der Waals surface area (Å²) in [5.74, 6) is 1.62. The van der Waals surface area contributed by atoms with Gasteiger partial charge in [-0.15, -0.1) is 0 Å². The largest absolute Gasteiger partial charge is 0.374 e. The van der Waals surface area contributed by atoms with Crippen LogP contribution >= 0.6 is 0 Å². The Morgan fingerprint density at radius 3 is 2.64 bits per heavy atom. The van der Waals surface area contributed by atoms with Crippen molar-refractivity contribution in [3.8, 4) is 0 Å². The van der Waals surface area contributed by atoms with Crippen LogP contribution in [0.1, 0.15) is 33.1 Å². The highest BCUT2D eigenvalue weighted by molar-refractivity contribution is 5.78. The normalized spacial score (nSPS) is 23.9. The maximum absolute atomic E-state index is 12.2. The summed E-state index contributed by atoms with van der Waals surface area (Å²) in [7, 11) is 2.01. The Balaban J connectivity index is 1.59. The molecule has 0 radical (unpaired) electrons. The van der Waals surface area contributed by atoms with Crippen LogP contribution < -0.4 is 10.6 Å². The first kappa shape index (κ1) is 20.6. The van der Waals surface area contributed by atoms with Crippen LogP contribution in [0.3, 0.4) is 0 Å². The Bertz CT molecular complexity index is 384. The van der Waals surface area contributed by atoms with Crippen molar-refractivity contribution in [1.29, 1.82) is 0 Å². The fraction of sp³-hybridized carbons (Fsp3) is 0.947. The molecule has 0 aliphatic carbocycles. The van der Waals surface area contributed by atoms with E-state index in [4.69, 9.17) is 4.74 Å². The molecular formula is C19H38N4O2. The van der Waals surface area contributed by atoms with Crippen LogP contribution in [0.5, 0.6) is 0 Å². The summed E-state index contributed by atoms with van der Waals surface area (Å²) in [6.45, 7) is 12.6. The second kappa shape index (κ2) is 11.1. The minimum Gasteiger partial charge on any atom is -0.374 e. The van der Waals surface area contributed by atoms with Crippen LogP contribution in [-0.2, 0) is 9.53 Å².